The quantitative estimate of drug-likeness (QED) is 0.230. The number of nitrogens with zero attached hydrogens (tertiary/aromatic N) is 3. The van der Waals surface area contributed by atoms with Gasteiger partial charge in [-0.3, -0.25) is 20.2 Å². The highest BCUT2D eigenvalue weighted by Crippen LogP contribution is 2.30. The van der Waals surface area contributed by atoms with E-state index in [2.05, 4.69) is 25.6 Å². The maximum absolute atomic E-state index is 12.6. The molecule has 12 heteroatoms. The molecule has 2 aromatic heterocycles. The fraction of sp³-hybridized carbons (Fsp3) is 0.185. The average Bonchev–Trinajstić information content (AvgIpc) is 3.44. The summed E-state index contributed by atoms with van der Waals surface area (Å²) in [7, 11) is 0. The maximum Gasteiger partial charge on any atom is 0.328 e. The van der Waals surface area contributed by atoms with Crippen molar-refractivity contribution in [1.82, 2.24) is 25.6 Å². The molecule has 5 rings (SSSR count). The summed E-state index contributed by atoms with van der Waals surface area (Å²) < 4.78 is 22.6. The van der Waals surface area contributed by atoms with E-state index in [9.17, 15) is 14.4 Å². The molecule has 0 radical (unpaired) electrons. The first-order valence-corrected chi connectivity index (χ1v) is 12.0. The molecule has 2 aromatic carbocycles. The van der Waals surface area contributed by atoms with Crippen molar-refractivity contribution >= 4 is 17.8 Å². The van der Waals surface area contributed by atoms with Crippen LogP contribution in [0.15, 0.2) is 77.7 Å². The fourth-order valence-corrected chi connectivity index (χ4v) is 3.79. The minimum absolute atomic E-state index is 0.0809. The Morgan fingerprint density at radius 1 is 0.872 bits per heavy atom. The van der Waals surface area contributed by atoms with Crippen LogP contribution in [0, 0.1) is 0 Å². The molecule has 2 N–H and O–H groups in total. The topological polar surface area (TPSA) is 155 Å². The van der Waals surface area contributed by atoms with E-state index in [4.69, 9.17) is 18.6 Å². The first kappa shape index (κ1) is 25.5. The maximum atomic E-state index is 12.6. The second-order valence-corrected chi connectivity index (χ2v) is 8.32. The third-order valence-electron chi connectivity index (χ3n) is 5.74. The van der Waals surface area contributed by atoms with Gasteiger partial charge < -0.3 is 18.6 Å². The highest BCUT2D eigenvalue weighted by Gasteiger charge is 2.52. The molecule has 1 aliphatic rings. The molecular weight excluding hydrogens is 506 g/mol. The van der Waals surface area contributed by atoms with Crippen molar-refractivity contribution in [2.24, 2.45) is 0 Å². The van der Waals surface area contributed by atoms with Crippen molar-refractivity contribution in [2.75, 3.05) is 13.2 Å². The number of carbonyl (C=O) groups excluding carboxylic acids is 3. The Hall–Kier alpha value is -5.10. The van der Waals surface area contributed by atoms with Crippen molar-refractivity contribution in [3.8, 4) is 40.2 Å². The summed E-state index contributed by atoms with van der Waals surface area (Å²) in [4.78, 5) is 49.6. The minimum atomic E-state index is -1.95. The summed E-state index contributed by atoms with van der Waals surface area (Å²) in [5.74, 6) is 0.460. The van der Waals surface area contributed by atoms with Gasteiger partial charge in [-0.25, -0.2) is 19.7 Å². The normalized spacial score (nSPS) is 14.4. The number of ether oxygens (including phenoxy) is 3. The standard InChI is InChI=1S/C27H23N5O7/c1-2-36-15-12-27(24(33)31-26(35)32-25(27)34)39-20-10-8-19(9-11-20)38-18-6-4-17(5-7-18)23-30-21(16-37-23)22-28-13-3-14-29-22/h3-11,13-14,16H,2,12,15H2,1H3,(H2,31,32,33,34,35). The van der Waals surface area contributed by atoms with Gasteiger partial charge in [0.25, 0.3) is 17.4 Å². The van der Waals surface area contributed by atoms with Gasteiger partial charge in [-0.2, -0.15) is 0 Å². The largest absolute Gasteiger partial charge is 0.467 e. The van der Waals surface area contributed by atoms with E-state index in [1.165, 1.54) is 6.26 Å². The molecule has 0 saturated carbocycles. The monoisotopic (exact) mass is 529 g/mol. The molecule has 0 unspecified atom stereocenters. The number of aromatic nitrogens is 3. The van der Waals surface area contributed by atoms with Gasteiger partial charge in [-0.05, 0) is 61.5 Å². The number of rotatable bonds is 10. The third-order valence-corrected chi connectivity index (χ3v) is 5.74. The number of amides is 4. The Balaban J connectivity index is 1.25. The lowest BCUT2D eigenvalue weighted by Gasteiger charge is -2.34. The van der Waals surface area contributed by atoms with Crippen LogP contribution < -0.4 is 20.1 Å². The number of carbonyl (C=O) groups is 3. The molecule has 4 aromatic rings. The molecule has 0 atom stereocenters. The van der Waals surface area contributed by atoms with Gasteiger partial charge in [0.2, 0.25) is 5.89 Å². The molecule has 4 amide bonds. The lowest BCUT2D eigenvalue weighted by atomic mass is 9.95. The summed E-state index contributed by atoms with van der Waals surface area (Å²) >= 11 is 0. The van der Waals surface area contributed by atoms with Crippen LogP contribution in [0.1, 0.15) is 13.3 Å². The highest BCUT2D eigenvalue weighted by molar-refractivity contribution is 6.21. The van der Waals surface area contributed by atoms with Gasteiger partial charge in [0.1, 0.15) is 29.2 Å². The SMILES string of the molecule is CCOCCC1(Oc2ccc(Oc3ccc(-c4nc(-c5ncccn5)co4)cc3)cc2)C(=O)NC(=O)NC1=O. The van der Waals surface area contributed by atoms with Gasteiger partial charge in [0.15, 0.2) is 5.82 Å². The molecule has 1 aliphatic heterocycles. The molecule has 3 heterocycles. The Labute approximate surface area is 222 Å². The van der Waals surface area contributed by atoms with E-state index in [-0.39, 0.29) is 18.8 Å². The lowest BCUT2D eigenvalue weighted by molar-refractivity contribution is -0.153. The van der Waals surface area contributed by atoms with Gasteiger partial charge in [0, 0.05) is 31.0 Å². The van der Waals surface area contributed by atoms with Gasteiger partial charge in [0.05, 0.1) is 6.61 Å². The van der Waals surface area contributed by atoms with Gasteiger partial charge >= 0.3 is 6.03 Å². The van der Waals surface area contributed by atoms with Crippen molar-refractivity contribution in [3.05, 3.63) is 73.3 Å². The molecule has 1 saturated heterocycles. The van der Waals surface area contributed by atoms with Crippen LogP contribution >= 0.6 is 0 Å². The predicted molar refractivity (Wildman–Crippen MR) is 136 cm³/mol. The van der Waals surface area contributed by atoms with Gasteiger partial charge in [-0.15, -0.1) is 0 Å². The van der Waals surface area contributed by atoms with E-state index in [0.29, 0.717) is 35.5 Å². The average molecular weight is 530 g/mol. The van der Waals surface area contributed by atoms with E-state index < -0.39 is 23.4 Å². The van der Waals surface area contributed by atoms with Crippen LogP contribution in [-0.4, -0.2) is 51.6 Å². The summed E-state index contributed by atoms with van der Waals surface area (Å²) in [6, 6.07) is 14.3. The minimum Gasteiger partial charge on any atom is -0.467 e. The van der Waals surface area contributed by atoms with Gasteiger partial charge in [-0.1, -0.05) is 0 Å². The van der Waals surface area contributed by atoms with E-state index in [1.807, 2.05) is 0 Å². The zero-order valence-corrected chi connectivity index (χ0v) is 20.7. The van der Waals surface area contributed by atoms with Crippen LogP contribution in [0.25, 0.3) is 23.0 Å². The van der Waals surface area contributed by atoms with Crippen molar-refractivity contribution in [1.29, 1.82) is 0 Å². The Morgan fingerprint density at radius 3 is 2.13 bits per heavy atom. The molecule has 0 spiro atoms. The molecule has 12 nitrogen and oxygen atoms in total. The molecule has 198 valence electrons. The second kappa shape index (κ2) is 11.1. The number of urea groups is 1. The van der Waals surface area contributed by atoms with Crippen molar-refractivity contribution < 1.29 is 33.0 Å². The summed E-state index contributed by atoms with van der Waals surface area (Å²) in [6.07, 6.45) is 4.68. The number of benzene rings is 2. The number of hydrogen-bond donors (Lipinski definition) is 2. The van der Waals surface area contributed by atoms with E-state index in [1.54, 1.807) is 73.9 Å². The second-order valence-electron chi connectivity index (χ2n) is 8.32. The van der Waals surface area contributed by atoms with Crippen LogP contribution in [0.2, 0.25) is 0 Å². The van der Waals surface area contributed by atoms with Crippen LogP contribution in [0.4, 0.5) is 4.79 Å². The van der Waals surface area contributed by atoms with E-state index in [0.717, 1.165) is 5.56 Å². The smallest absolute Gasteiger partial charge is 0.328 e. The molecule has 39 heavy (non-hydrogen) atoms. The predicted octanol–water partition coefficient (Wildman–Crippen LogP) is 3.50. The molecule has 1 fully saturated rings. The fourth-order valence-electron chi connectivity index (χ4n) is 3.79. The number of barbiturate groups is 1. The van der Waals surface area contributed by atoms with Crippen LogP contribution in [-0.2, 0) is 14.3 Å². The first-order valence-electron chi connectivity index (χ1n) is 12.0. The van der Waals surface area contributed by atoms with Crippen molar-refractivity contribution in [3.63, 3.8) is 0 Å². The number of nitrogens with one attached hydrogen (secondary N) is 2. The van der Waals surface area contributed by atoms with Crippen LogP contribution in [0.3, 0.4) is 0 Å². The zero-order chi connectivity index (χ0) is 27.2. The van der Waals surface area contributed by atoms with Crippen molar-refractivity contribution in [2.45, 2.75) is 18.9 Å². The Morgan fingerprint density at radius 2 is 1.49 bits per heavy atom. The molecular formula is C27H23N5O7. The summed E-state index contributed by atoms with van der Waals surface area (Å²) in [6.45, 7) is 2.26. The number of hydrogen-bond acceptors (Lipinski definition) is 10. The molecule has 0 bridgehead atoms. The third kappa shape index (κ3) is 5.60. The zero-order valence-electron chi connectivity index (χ0n) is 20.7. The van der Waals surface area contributed by atoms with E-state index >= 15 is 0 Å². The first-order chi connectivity index (χ1) is 19.0. The van der Waals surface area contributed by atoms with Crippen LogP contribution in [0.5, 0.6) is 17.2 Å². The summed E-state index contributed by atoms with van der Waals surface area (Å²) in [5, 5.41) is 4.17. The summed E-state index contributed by atoms with van der Waals surface area (Å²) in [5.41, 5.74) is -0.677. The highest BCUT2D eigenvalue weighted by atomic mass is 16.5. The Bertz CT molecular complexity index is 1450. The number of oxazole rings is 1. The lowest BCUT2D eigenvalue weighted by Crippen LogP contribution is -2.69. The molecule has 0 aliphatic carbocycles. The number of imide groups is 2. The Kier molecular flexibility index (Phi) is 7.28.